The Kier molecular flexibility index (Phi) is 5.17. The summed E-state index contributed by atoms with van der Waals surface area (Å²) in [6.07, 6.45) is 2.78. The van der Waals surface area contributed by atoms with Crippen molar-refractivity contribution >= 4 is 51.0 Å². The van der Waals surface area contributed by atoms with Gasteiger partial charge in [-0.15, -0.1) is 0 Å². The Morgan fingerprint density at radius 2 is 1.87 bits per heavy atom. The minimum Gasteiger partial charge on any atom is -0.294 e. The topological polar surface area (TPSA) is 80.3 Å². The smallest absolute Gasteiger partial charge is 0.294 e. The predicted molar refractivity (Wildman–Crippen MR) is 128 cm³/mol. The van der Waals surface area contributed by atoms with Crippen LogP contribution in [0.1, 0.15) is 12.1 Å². The lowest BCUT2D eigenvalue weighted by Gasteiger charge is -2.34. The zero-order chi connectivity index (χ0) is 21.5. The van der Waals surface area contributed by atoms with Gasteiger partial charge in [0.05, 0.1) is 21.6 Å². The average Bonchev–Trinajstić information content (AvgIpc) is 3.36. The van der Waals surface area contributed by atoms with Crippen molar-refractivity contribution in [2.24, 2.45) is 12.2 Å². The van der Waals surface area contributed by atoms with E-state index in [0.29, 0.717) is 18.2 Å². The molecule has 31 heavy (non-hydrogen) atoms. The molecule has 1 aliphatic rings. The van der Waals surface area contributed by atoms with Crippen LogP contribution in [-0.2, 0) is 7.05 Å². The van der Waals surface area contributed by atoms with E-state index in [1.165, 1.54) is 23.3 Å². The van der Waals surface area contributed by atoms with Crippen LogP contribution in [0, 0.1) is 6.92 Å². The Balaban J connectivity index is 1.43. The van der Waals surface area contributed by atoms with Crippen LogP contribution in [-0.4, -0.2) is 33.9 Å². The number of urea groups is 1. The van der Waals surface area contributed by atoms with Gasteiger partial charge in [0.1, 0.15) is 0 Å². The molecule has 2 amide bonds. The van der Waals surface area contributed by atoms with Crippen LogP contribution in [0.3, 0.4) is 0 Å². The normalized spacial score (nSPS) is 14.6. The monoisotopic (exact) mass is 450 g/mol. The van der Waals surface area contributed by atoms with Gasteiger partial charge in [0.25, 0.3) is 0 Å². The fraction of sp³-hybridized carbons (Fsp3) is 0.227. The standard InChI is InChI=1S/C22H22N6OS2/c1-14-20(31-23)30-21(25-14)28-12-4-11-27(22(28)29)16-9-7-15(8-10-16)17-5-3-6-19-18(17)13-24-26(19)2/h3,5-10,13H,4,11-12,23H2,1-2H3. The molecule has 0 unspecified atom stereocenters. The third-order valence-electron chi connectivity index (χ3n) is 5.59. The fourth-order valence-corrected chi connectivity index (χ4v) is 5.44. The first-order valence-corrected chi connectivity index (χ1v) is 11.7. The van der Waals surface area contributed by atoms with E-state index in [0.717, 1.165) is 44.0 Å². The van der Waals surface area contributed by atoms with Crippen molar-refractivity contribution in [3.63, 3.8) is 0 Å². The summed E-state index contributed by atoms with van der Waals surface area (Å²) >= 11 is 2.65. The summed E-state index contributed by atoms with van der Waals surface area (Å²) < 4.78 is 2.82. The molecule has 0 aliphatic carbocycles. The summed E-state index contributed by atoms with van der Waals surface area (Å²) in [7, 11) is 1.95. The van der Waals surface area contributed by atoms with E-state index in [1.54, 1.807) is 4.90 Å². The molecule has 0 saturated carbocycles. The number of hydrogen-bond donors (Lipinski definition) is 1. The van der Waals surface area contributed by atoms with Crippen molar-refractivity contribution in [3.8, 4) is 11.1 Å². The molecule has 2 N–H and O–H groups in total. The van der Waals surface area contributed by atoms with Crippen LogP contribution >= 0.6 is 23.3 Å². The highest BCUT2D eigenvalue weighted by atomic mass is 32.2. The van der Waals surface area contributed by atoms with E-state index in [4.69, 9.17) is 5.14 Å². The molecule has 2 aromatic carbocycles. The molecule has 5 rings (SSSR count). The Hall–Kier alpha value is -2.88. The fourth-order valence-electron chi connectivity index (χ4n) is 3.98. The highest BCUT2D eigenvalue weighted by Crippen LogP contribution is 2.34. The van der Waals surface area contributed by atoms with Crippen molar-refractivity contribution in [2.45, 2.75) is 17.6 Å². The summed E-state index contributed by atoms with van der Waals surface area (Å²) in [4.78, 5) is 21.4. The molecule has 7 nitrogen and oxygen atoms in total. The van der Waals surface area contributed by atoms with E-state index in [-0.39, 0.29) is 6.03 Å². The van der Waals surface area contributed by atoms with Crippen molar-refractivity contribution in [1.29, 1.82) is 0 Å². The molecule has 0 atom stereocenters. The van der Waals surface area contributed by atoms with Crippen molar-refractivity contribution in [1.82, 2.24) is 14.8 Å². The lowest BCUT2D eigenvalue weighted by Crippen LogP contribution is -2.49. The number of aromatic nitrogens is 3. The molecule has 1 saturated heterocycles. The number of benzene rings is 2. The SMILES string of the molecule is Cc1nc(N2CCCN(c3ccc(-c4cccc5c4cnn5C)cc3)C2=O)sc1SN. The van der Waals surface area contributed by atoms with Gasteiger partial charge in [-0.05, 0) is 54.6 Å². The number of carbonyl (C=O) groups excluding carboxylic acids is 1. The third-order valence-corrected chi connectivity index (χ3v) is 7.61. The predicted octanol–water partition coefficient (Wildman–Crippen LogP) is 4.81. The highest BCUT2D eigenvalue weighted by Gasteiger charge is 2.30. The minimum atomic E-state index is -0.0457. The first-order valence-electron chi connectivity index (χ1n) is 10.0. The summed E-state index contributed by atoms with van der Waals surface area (Å²) in [5.74, 6) is 0. The van der Waals surface area contributed by atoms with Gasteiger partial charge >= 0.3 is 6.03 Å². The van der Waals surface area contributed by atoms with Gasteiger partial charge in [0.15, 0.2) is 5.13 Å². The molecule has 3 heterocycles. The van der Waals surface area contributed by atoms with E-state index in [1.807, 2.05) is 47.9 Å². The molecule has 158 valence electrons. The van der Waals surface area contributed by atoms with E-state index >= 15 is 0 Å². The Bertz CT molecular complexity index is 1260. The van der Waals surface area contributed by atoms with Crippen LogP contribution in [0.15, 0.2) is 52.9 Å². The number of nitrogens with zero attached hydrogens (tertiary/aromatic N) is 5. The van der Waals surface area contributed by atoms with Gasteiger partial charge < -0.3 is 0 Å². The van der Waals surface area contributed by atoms with E-state index in [2.05, 4.69) is 34.3 Å². The number of nitrogens with two attached hydrogens (primary N) is 1. The molecule has 4 aromatic rings. The lowest BCUT2D eigenvalue weighted by atomic mass is 10.0. The lowest BCUT2D eigenvalue weighted by molar-refractivity contribution is 0.248. The van der Waals surface area contributed by atoms with E-state index < -0.39 is 0 Å². The molecule has 1 aliphatic heterocycles. The molecule has 1 fully saturated rings. The average molecular weight is 451 g/mol. The summed E-state index contributed by atoms with van der Waals surface area (Å²) in [5.41, 5.74) is 5.08. The number of carbonyl (C=O) groups is 1. The number of hydrogen-bond acceptors (Lipinski definition) is 6. The molecular formula is C22H22N6OS2. The van der Waals surface area contributed by atoms with Gasteiger partial charge in [-0.1, -0.05) is 35.6 Å². The number of amides is 2. The van der Waals surface area contributed by atoms with Crippen molar-refractivity contribution in [3.05, 3.63) is 54.4 Å². The highest BCUT2D eigenvalue weighted by molar-refractivity contribution is 7.99. The number of aryl methyl sites for hydroxylation is 2. The molecule has 0 spiro atoms. The molecule has 2 aromatic heterocycles. The van der Waals surface area contributed by atoms with Crippen LogP contribution in [0.5, 0.6) is 0 Å². The zero-order valence-corrected chi connectivity index (χ0v) is 18.9. The molecule has 0 bridgehead atoms. The van der Waals surface area contributed by atoms with Crippen LogP contribution < -0.4 is 14.9 Å². The van der Waals surface area contributed by atoms with Gasteiger partial charge in [0, 0.05) is 31.2 Å². The van der Waals surface area contributed by atoms with Crippen molar-refractivity contribution in [2.75, 3.05) is 22.9 Å². The maximum absolute atomic E-state index is 13.2. The number of rotatable bonds is 4. The summed E-state index contributed by atoms with van der Waals surface area (Å²) in [6.45, 7) is 3.27. The molecular weight excluding hydrogens is 428 g/mol. The summed E-state index contributed by atoms with van der Waals surface area (Å²) in [6, 6.07) is 14.3. The largest absolute Gasteiger partial charge is 0.330 e. The first kappa shape index (κ1) is 20.0. The van der Waals surface area contributed by atoms with Gasteiger partial charge in [0.2, 0.25) is 0 Å². The molecule has 9 heteroatoms. The quantitative estimate of drug-likeness (QED) is 0.452. The zero-order valence-electron chi connectivity index (χ0n) is 17.3. The Morgan fingerprint density at radius 1 is 1.10 bits per heavy atom. The number of thiazole rings is 1. The van der Waals surface area contributed by atoms with E-state index in [9.17, 15) is 4.79 Å². The number of anilines is 2. The van der Waals surface area contributed by atoms with Gasteiger partial charge in [-0.2, -0.15) is 5.10 Å². The second-order valence-electron chi connectivity index (χ2n) is 7.48. The first-order chi connectivity index (χ1) is 15.1. The van der Waals surface area contributed by atoms with Gasteiger partial charge in [-0.25, -0.2) is 9.78 Å². The second-order valence-corrected chi connectivity index (χ2v) is 9.36. The van der Waals surface area contributed by atoms with Gasteiger partial charge in [-0.3, -0.25) is 19.6 Å². The minimum absolute atomic E-state index is 0.0457. The van der Waals surface area contributed by atoms with Crippen LogP contribution in [0.4, 0.5) is 15.6 Å². The second kappa shape index (κ2) is 7.99. The summed E-state index contributed by atoms with van der Waals surface area (Å²) in [5, 5.41) is 11.9. The van der Waals surface area contributed by atoms with Crippen molar-refractivity contribution < 1.29 is 4.79 Å². The Labute approximate surface area is 188 Å². The number of fused-ring (bicyclic) bond motifs is 1. The van der Waals surface area contributed by atoms with Crippen LogP contribution in [0.25, 0.3) is 22.0 Å². The third kappa shape index (κ3) is 3.48. The maximum Gasteiger partial charge on any atom is 0.330 e. The van der Waals surface area contributed by atoms with Crippen LogP contribution in [0.2, 0.25) is 0 Å². The Morgan fingerprint density at radius 3 is 2.61 bits per heavy atom. The maximum atomic E-state index is 13.2. The molecule has 0 radical (unpaired) electrons.